The van der Waals surface area contributed by atoms with Crippen molar-refractivity contribution < 1.29 is 19.4 Å². The van der Waals surface area contributed by atoms with Gasteiger partial charge in [0.05, 0.1) is 19.2 Å². The van der Waals surface area contributed by atoms with E-state index in [-0.39, 0.29) is 12.8 Å². The van der Waals surface area contributed by atoms with Crippen LogP contribution in [-0.4, -0.2) is 30.0 Å². The molecule has 0 heterocycles. The first kappa shape index (κ1) is 13.7. The molecule has 0 radical (unpaired) electrons. The van der Waals surface area contributed by atoms with Gasteiger partial charge in [0, 0.05) is 6.42 Å². The van der Waals surface area contributed by atoms with Crippen molar-refractivity contribution in [1.29, 1.82) is 0 Å². The smallest absolute Gasteiger partial charge is 0.427 e. The van der Waals surface area contributed by atoms with Crippen molar-refractivity contribution in [1.82, 2.24) is 5.43 Å². The van der Waals surface area contributed by atoms with Crippen LogP contribution in [0.25, 0.3) is 0 Å². The first-order chi connectivity index (χ1) is 8.63. The van der Waals surface area contributed by atoms with Gasteiger partial charge in [-0.1, -0.05) is 30.3 Å². The normalized spacial score (nSPS) is 10.8. The zero-order valence-corrected chi connectivity index (χ0v) is 9.92. The maximum absolute atomic E-state index is 10.9. The Morgan fingerprint density at radius 1 is 1.28 bits per heavy atom. The van der Waals surface area contributed by atoms with Crippen molar-refractivity contribution in [2.45, 2.75) is 12.8 Å². The highest BCUT2D eigenvalue weighted by Crippen LogP contribution is 2.06. The van der Waals surface area contributed by atoms with Gasteiger partial charge in [-0.3, -0.25) is 4.79 Å². The molecule has 0 atom stereocenters. The van der Waals surface area contributed by atoms with Gasteiger partial charge >= 0.3 is 12.1 Å². The summed E-state index contributed by atoms with van der Waals surface area (Å²) in [6.45, 7) is 0. The van der Waals surface area contributed by atoms with E-state index in [1.54, 1.807) is 12.1 Å². The number of nitrogens with one attached hydrogen (secondary N) is 1. The maximum atomic E-state index is 10.9. The minimum absolute atomic E-state index is 0.0589. The molecule has 0 saturated carbocycles. The molecule has 2 N–H and O–H groups in total. The Bertz CT molecular complexity index is 443. The van der Waals surface area contributed by atoms with Gasteiger partial charge in [0.1, 0.15) is 0 Å². The minimum Gasteiger partial charge on any atom is -0.481 e. The van der Waals surface area contributed by atoms with E-state index in [4.69, 9.17) is 5.11 Å². The molecule has 0 fully saturated rings. The number of hydrogen-bond acceptors (Lipinski definition) is 4. The topological polar surface area (TPSA) is 88.0 Å². The number of amides is 1. The van der Waals surface area contributed by atoms with Crippen LogP contribution in [0.5, 0.6) is 0 Å². The van der Waals surface area contributed by atoms with Gasteiger partial charge < -0.3 is 9.84 Å². The van der Waals surface area contributed by atoms with E-state index >= 15 is 0 Å². The molecule has 6 nitrogen and oxygen atoms in total. The summed E-state index contributed by atoms with van der Waals surface area (Å²) in [7, 11) is 1.23. The average Bonchev–Trinajstić information content (AvgIpc) is 2.39. The quantitative estimate of drug-likeness (QED) is 0.613. The van der Waals surface area contributed by atoms with Crippen LogP contribution in [0.2, 0.25) is 0 Å². The van der Waals surface area contributed by atoms with Crippen molar-refractivity contribution in [3.63, 3.8) is 0 Å². The summed E-state index contributed by atoms with van der Waals surface area (Å²) < 4.78 is 4.39. The molecular weight excluding hydrogens is 236 g/mol. The van der Waals surface area contributed by atoms with Gasteiger partial charge in [0.2, 0.25) is 0 Å². The second kappa shape index (κ2) is 7.05. The zero-order valence-electron chi connectivity index (χ0n) is 9.92. The van der Waals surface area contributed by atoms with E-state index in [0.717, 1.165) is 5.56 Å². The van der Waals surface area contributed by atoms with Gasteiger partial charge in [-0.2, -0.15) is 5.10 Å². The van der Waals surface area contributed by atoms with E-state index in [1.165, 1.54) is 7.11 Å². The Labute approximate surface area is 104 Å². The van der Waals surface area contributed by atoms with Crippen LogP contribution in [0.1, 0.15) is 18.4 Å². The number of nitrogens with zero attached hydrogens (tertiary/aromatic N) is 1. The number of carboxylic acid groups (broad SMARTS) is 1. The molecule has 0 spiro atoms. The summed E-state index contributed by atoms with van der Waals surface area (Å²) in [5, 5.41) is 12.5. The van der Waals surface area contributed by atoms with Crippen LogP contribution in [0, 0.1) is 0 Å². The summed E-state index contributed by atoms with van der Waals surface area (Å²) in [6.07, 6.45) is -0.529. The van der Waals surface area contributed by atoms with Crippen LogP contribution in [0.4, 0.5) is 4.79 Å². The van der Waals surface area contributed by atoms with Crippen molar-refractivity contribution in [2.24, 2.45) is 5.10 Å². The lowest BCUT2D eigenvalue weighted by Crippen LogP contribution is -2.20. The molecule has 1 aromatic rings. The summed E-state index contributed by atoms with van der Waals surface area (Å²) >= 11 is 0. The van der Waals surface area contributed by atoms with Crippen LogP contribution in [0.15, 0.2) is 35.4 Å². The molecule has 0 aromatic heterocycles. The number of aliphatic carboxylic acids is 1. The highest BCUT2D eigenvalue weighted by Gasteiger charge is 2.07. The number of methoxy groups -OCH3 is 1. The number of hydrazone groups is 1. The van der Waals surface area contributed by atoms with E-state index in [2.05, 4.69) is 15.3 Å². The number of ether oxygens (including phenoxy) is 1. The Balaban J connectivity index is 2.81. The second-order valence-electron chi connectivity index (χ2n) is 3.42. The Morgan fingerprint density at radius 2 is 1.94 bits per heavy atom. The maximum Gasteiger partial charge on any atom is 0.427 e. The van der Waals surface area contributed by atoms with Gasteiger partial charge in [0.25, 0.3) is 0 Å². The molecule has 96 valence electrons. The molecule has 1 rings (SSSR count). The Hall–Kier alpha value is -2.37. The molecule has 18 heavy (non-hydrogen) atoms. The first-order valence-corrected chi connectivity index (χ1v) is 5.31. The lowest BCUT2D eigenvalue weighted by Gasteiger charge is -2.05. The minimum atomic E-state index is -0.920. The Morgan fingerprint density at radius 3 is 2.50 bits per heavy atom. The fourth-order valence-corrected chi connectivity index (χ4v) is 1.28. The third-order valence-electron chi connectivity index (χ3n) is 2.15. The van der Waals surface area contributed by atoms with E-state index in [0.29, 0.717) is 5.71 Å². The summed E-state index contributed by atoms with van der Waals surface area (Å²) in [5.41, 5.74) is 3.44. The second-order valence-corrected chi connectivity index (χ2v) is 3.42. The fraction of sp³-hybridized carbons (Fsp3) is 0.250. The van der Waals surface area contributed by atoms with Gasteiger partial charge in [0.15, 0.2) is 0 Å². The van der Waals surface area contributed by atoms with Crippen molar-refractivity contribution >= 4 is 17.8 Å². The monoisotopic (exact) mass is 250 g/mol. The lowest BCUT2D eigenvalue weighted by molar-refractivity contribution is -0.136. The van der Waals surface area contributed by atoms with Crippen molar-refractivity contribution in [2.75, 3.05) is 7.11 Å². The van der Waals surface area contributed by atoms with Gasteiger partial charge in [-0.05, 0) is 5.56 Å². The molecular formula is C12H14N2O4. The molecule has 1 aromatic carbocycles. The SMILES string of the molecule is COC(=O)N/N=C(/CCC(=O)O)c1ccccc1. The first-order valence-electron chi connectivity index (χ1n) is 5.31. The molecule has 0 bridgehead atoms. The number of hydrogen-bond donors (Lipinski definition) is 2. The average molecular weight is 250 g/mol. The van der Waals surface area contributed by atoms with Crippen LogP contribution >= 0.6 is 0 Å². The number of carbonyl (C=O) groups excluding carboxylic acids is 1. The summed E-state index contributed by atoms with van der Waals surface area (Å²) in [6, 6.07) is 9.04. The molecule has 0 aliphatic heterocycles. The highest BCUT2D eigenvalue weighted by molar-refractivity contribution is 6.01. The largest absolute Gasteiger partial charge is 0.481 e. The zero-order chi connectivity index (χ0) is 13.4. The highest BCUT2D eigenvalue weighted by atomic mass is 16.5. The molecule has 0 saturated heterocycles. The molecule has 0 aliphatic rings. The van der Waals surface area contributed by atoms with Crippen LogP contribution < -0.4 is 5.43 Å². The molecule has 1 amide bonds. The van der Waals surface area contributed by atoms with Crippen LogP contribution in [0.3, 0.4) is 0 Å². The fourth-order valence-electron chi connectivity index (χ4n) is 1.28. The lowest BCUT2D eigenvalue weighted by atomic mass is 10.1. The van der Waals surface area contributed by atoms with E-state index in [9.17, 15) is 9.59 Å². The number of benzene rings is 1. The standard InChI is InChI=1S/C12H14N2O4/c1-18-12(17)14-13-10(7-8-11(15)16)9-5-3-2-4-6-9/h2-6H,7-8H2,1H3,(H,14,17)(H,15,16)/b13-10-. The number of rotatable bonds is 5. The Kier molecular flexibility index (Phi) is 5.37. The summed E-state index contributed by atoms with van der Waals surface area (Å²) in [5.74, 6) is -0.920. The third kappa shape index (κ3) is 4.65. The molecule has 0 unspecified atom stereocenters. The predicted octanol–water partition coefficient (Wildman–Crippen LogP) is 1.61. The van der Waals surface area contributed by atoms with E-state index in [1.807, 2.05) is 18.2 Å². The van der Waals surface area contributed by atoms with Gasteiger partial charge in [-0.25, -0.2) is 10.2 Å². The predicted molar refractivity (Wildman–Crippen MR) is 65.4 cm³/mol. The third-order valence-corrected chi connectivity index (χ3v) is 2.15. The van der Waals surface area contributed by atoms with Gasteiger partial charge in [-0.15, -0.1) is 0 Å². The molecule has 6 heteroatoms. The van der Waals surface area contributed by atoms with Crippen LogP contribution in [-0.2, 0) is 9.53 Å². The number of carboxylic acids is 1. The number of carbonyl (C=O) groups is 2. The van der Waals surface area contributed by atoms with Crippen molar-refractivity contribution in [3.05, 3.63) is 35.9 Å². The molecule has 0 aliphatic carbocycles. The summed E-state index contributed by atoms with van der Waals surface area (Å²) in [4.78, 5) is 21.5. The van der Waals surface area contributed by atoms with E-state index < -0.39 is 12.1 Å². The van der Waals surface area contributed by atoms with Crippen molar-refractivity contribution in [3.8, 4) is 0 Å².